The van der Waals surface area contributed by atoms with E-state index in [1.54, 1.807) is 0 Å². The summed E-state index contributed by atoms with van der Waals surface area (Å²) in [6, 6.07) is 4.45. The molecule has 0 N–H and O–H groups in total. The number of nitriles is 3. The van der Waals surface area contributed by atoms with Crippen molar-refractivity contribution in [1.29, 1.82) is 15.8 Å². The van der Waals surface area contributed by atoms with Crippen molar-refractivity contribution in [2.24, 2.45) is 0 Å². The Labute approximate surface area is 102 Å². The van der Waals surface area contributed by atoms with Gasteiger partial charge in [0.25, 0.3) is 5.60 Å². The van der Waals surface area contributed by atoms with Gasteiger partial charge in [-0.15, -0.1) is 0 Å². The van der Waals surface area contributed by atoms with Crippen LogP contribution < -0.4 is 51.4 Å². The van der Waals surface area contributed by atoms with Crippen LogP contribution in [0.25, 0.3) is 0 Å². The van der Waals surface area contributed by atoms with Gasteiger partial charge in [-0.1, -0.05) is 0 Å². The summed E-state index contributed by atoms with van der Waals surface area (Å²) in [6.45, 7) is 0. The molecule has 6 heteroatoms. The maximum absolute atomic E-state index is 8.20. The third-order valence-corrected chi connectivity index (χ3v) is 0.472. The second-order valence-electron chi connectivity index (χ2n) is 1.02. The van der Waals surface area contributed by atoms with E-state index in [1.165, 1.54) is 18.2 Å². The molecule has 0 saturated heterocycles. The minimum Gasteiger partial charge on any atom is -0.563 e. The van der Waals surface area contributed by atoms with Crippen LogP contribution in [-0.4, -0.2) is 13.7 Å². The van der Waals surface area contributed by atoms with E-state index in [9.17, 15) is 0 Å². The van der Waals surface area contributed by atoms with Crippen LogP contribution in [0.1, 0.15) is 0 Å². The predicted octanol–water partition coefficient (Wildman–Crippen LogP) is -4.40. The molecule has 0 aliphatic carbocycles. The Bertz CT molecular complexity index is 186. The van der Waals surface area contributed by atoms with E-state index in [2.05, 4.69) is 4.65 Å². The summed E-state index contributed by atoms with van der Waals surface area (Å²) in [5.41, 5.74) is -1.81. The summed E-state index contributed by atoms with van der Waals surface area (Å²) < 4.78 is 4.55. The molecular weight excluding hydrogens is 156 g/mol. The zero-order chi connectivity index (χ0) is 7.33. The topological polar surface area (TPSA) is 80.6 Å². The monoisotopic (exact) mass is 159 g/mol. The molecule has 0 unspecified atom stereocenters. The molecule has 4 nitrogen and oxygen atoms in total. The average molecular weight is 159 g/mol. The molecule has 44 valence electrons. The minimum absolute atomic E-state index is 0. The SMILES string of the molecule is [BH3-]OC(C#N)(C#N)C#N.[K+]. The molecule has 0 aromatic carbocycles. The van der Waals surface area contributed by atoms with Crippen LogP contribution in [-0.2, 0) is 4.65 Å². The van der Waals surface area contributed by atoms with Gasteiger partial charge in [-0.2, -0.15) is 15.8 Å². The van der Waals surface area contributed by atoms with Crippen LogP contribution in [0.15, 0.2) is 0 Å². The molecule has 0 atom stereocenters. The molecule has 0 fully saturated rings. The fourth-order valence-corrected chi connectivity index (χ4v) is 0.0750. The molecular formula is C4H3BKN3O. The maximum atomic E-state index is 8.20. The molecule has 0 amide bonds. The van der Waals surface area contributed by atoms with Crippen LogP contribution in [0.5, 0.6) is 0 Å². The van der Waals surface area contributed by atoms with E-state index in [0.717, 1.165) is 0 Å². The summed E-state index contributed by atoms with van der Waals surface area (Å²) in [5, 5.41) is 24.6. The van der Waals surface area contributed by atoms with Crippen molar-refractivity contribution < 1.29 is 56.0 Å². The average Bonchev–Trinajstić information content (AvgIpc) is 1.95. The van der Waals surface area contributed by atoms with Crippen LogP contribution in [0.3, 0.4) is 0 Å². The van der Waals surface area contributed by atoms with Gasteiger partial charge in [0, 0.05) is 0 Å². The number of rotatable bonds is 1. The normalized spacial score (nSPS) is 7.80. The molecule has 0 aromatic rings. The molecule has 0 bridgehead atoms. The van der Waals surface area contributed by atoms with Crippen LogP contribution in [0, 0.1) is 34.0 Å². The van der Waals surface area contributed by atoms with E-state index >= 15 is 0 Å². The van der Waals surface area contributed by atoms with Crippen molar-refractivity contribution in [1.82, 2.24) is 0 Å². The Morgan fingerprint density at radius 1 is 1.10 bits per heavy atom. The first-order valence-corrected chi connectivity index (χ1v) is 1.62. The van der Waals surface area contributed by atoms with Crippen molar-refractivity contribution >= 4 is 8.05 Å². The van der Waals surface area contributed by atoms with E-state index in [1.807, 2.05) is 0 Å². The Hall–Kier alpha value is 0.131. The Balaban J connectivity index is 0. The quantitative estimate of drug-likeness (QED) is 0.362. The van der Waals surface area contributed by atoms with Gasteiger partial charge in [-0.25, -0.2) is 0 Å². The van der Waals surface area contributed by atoms with Gasteiger partial charge in [-0.05, 0) is 0 Å². The first-order valence-electron chi connectivity index (χ1n) is 1.62. The molecule has 0 aliphatic heterocycles. The van der Waals surface area contributed by atoms with Gasteiger partial charge in [-0.3, -0.25) is 0 Å². The standard InChI is InChI=1S/C4H3BN3O.K/c5-9-4(1-6,2-7)3-8;/h5H3;/q-1;+1. The number of hydrogen-bond donors (Lipinski definition) is 0. The van der Waals surface area contributed by atoms with Gasteiger partial charge in [0.1, 0.15) is 18.2 Å². The molecule has 0 radical (unpaired) electrons. The summed E-state index contributed by atoms with van der Waals surface area (Å²) in [7, 11) is -0.534. The van der Waals surface area contributed by atoms with Crippen LogP contribution in [0.4, 0.5) is 0 Å². The van der Waals surface area contributed by atoms with E-state index in [4.69, 9.17) is 15.8 Å². The van der Waals surface area contributed by atoms with Gasteiger partial charge in [0.2, 0.25) is 0 Å². The first-order chi connectivity index (χ1) is 4.24. The zero-order valence-corrected chi connectivity index (χ0v) is 7.87. The molecule has 0 aromatic heterocycles. The van der Waals surface area contributed by atoms with E-state index < -0.39 is 13.7 Å². The van der Waals surface area contributed by atoms with Crippen LogP contribution in [0.2, 0.25) is 0 Å². The minimum atomic E-state index is -1.81. The van der Waals surface area contributed by atoms with Crippen molar-refractivity contribution in [2.45, 2.75) is 5.60 Å². The van der Waals surface area contributed by atoms with Gasteiger partial charge < -0.3 is 4.65 Å². The van der Waals surface area contributed by atoms with Crippen LogP contribution >= 0.6 is 0 Å². The fourth-order valence-electron chi connectivity index (χ4n) is 0.0750. The smallest absolute Gasteiger partial charge is 0.563 e. The molecule has 10 heavy (non-hydrogen) atoms. The molecule has 0 aliphatic rings. The molecule has 0 heterocycles. The summed E-state index contributed by atoms with van der Waals surface area (Å²) in [5.74, 6) is 0. The molecule has 0 saturated carbocycles. The maximum Gasteiger partial charge on any atom is 1.00 e. The Morgan fingerprint density at radius 2 is 1.40 bits per heavy atom. The number of nitrogens with zero attached hydrogens (tertiary/aromatic N) is 3. The summed E-state index contributed by atoms with van der Waals surface area (Å²) in [6.07, 6.45) is 0. The fraction of sp³-hybridized carbons (Fsp3) is 0.250. The third kappa shape index (κ3) is 2.81. The van der Waals surface area contributed by atoms with Crippen molar-refractivity contribution in [3.05, 3.63) is 0 Å². The molecule has 0 spiro atoms. The second-order valence-corrected chi connectivity index (χ2v) is 1.02. The Morgan fingerprint density at radius 3 is 1.40 bits per heavy atom. The van der Waals surface area contributed by atoms with Crippen molar-refractivity contribution in [3.8, 4) is 18.2 Å². The summed E-state index contributed by atoms with van der Waals surface area (Å²) in [4.78, 5) is 0. The van der Waals surface area contributed by atoms with Gasteiger partial charge in [0.15, 0.2) is 0 Å². The van der Waals surface area contributed by atoms with Gasteiger partial charge in [0.05, 0.1) is 8.05 Å². The largest absolute Gasteiger partial charge is 1.00 e. The molecule has 0 rings (SSSR count). The number of hydrogen-bond acceptors (Lipinski definition) is 4. The summed E-state index contributed by atoms with van der Waals surface area (Å²) >= 11 is 0. The zero-order valence-electron chi connectivity index (χ0n) is 4.75. The van der Waals surface area contributed by atoms with E-state index in [-0.39, 0.29) is 51.4 Å². The predicted molar refractivity (Wildman–Crippen MR) is 30.6 cm³/mol. The second kappa shape index (κ2) is 5.88. The Kier molecular flexibility index (Phi) is 7.52. The van der Waals surface area contributed by atoms with E-state index in [0.29, 0.717) is 0 Å². The van der Waals surface area contributed by atoms with Crippen molar-refractivity contribution in [2.75, 3.05) is 0 Å². The first kappa shape index (κ1) is 12.8. The third-order valence-electron chi connectivity index (χ3n) is 0.472. The van der Waals surface area contributed by atoms with Gasteiger partial charge >= 0.3 is 51.4 Å². The van der Waals surface area contributed by atoms with Crippen molar-refractivity contribution in [3.63, 3.8) is 0 Å².